The summed E-state index contributed by atoms with van der Waals surface area (Å²) in [7, 11) is 1.62. The molecule has 412 valence electrons. The Hall–Kier alpha value is -7.09. The highest BCUT2D eigenvalue weighted by Gasteiger charge is 2.30. The number of carbonyl (C=O) groups is 5. The second kappa shape index (κ2) is 33.8. The van der Waals surface area contributed by atoms with Crippen LogP contribution in [0.4, 0.5) is 21.0 Å². The van der Waals surface area contributed by atoms with Gasteiger partial charge in [0.15, 0.2) is 0 Å². The van der Waals surface area contributed by atoms with Crippen molar-refractivity contribution in [3.63, 3.8) is 0 Å². The molecular formula is C53H67N5O18. The van der Waals surface area contributed by atoms with Crippen LogP contribution in [0.25, 0.3) is 11.1 Å². The maximum atomic E-state index is 13.5. The van der Waals surface area contributed by atoms with Crippen molar-refractivity contribution in [2.24, 2.45) is 0 Å². The molecule has 0 bridgehead atoms. The molecule has 5 rings (SSSR count). The Morgan fingerprint density at radius 1 is 0.566 bits per heavy atom. The predicted octanol–water partition coefficient (Wildman–Crippen LogP) is 5.10. The molecule has 1 aliphatic rings. The topological polar surface area (TPSA) is 278 Å². The number of non-ortho nitro benzene ring substituents is 1. The highest BCUT2D eigenvalue weighted by Crippen LogP contribution is 2.44. The second-order valence-corrected chi connectivity index (χ2v) is 16.7. The molecular weight excluding hydrogens is 995 g/mol. The van der Waals surface area contributed by atoms with Gasteiger partial charge in [0, 0.05) is 43.0 Å². The average Bonchev–Trinajstić information content (AvgIpc) is 3.74. The Morgan fingerprint density at radius 2 is 1.04 bits per heavy atom. The van der Waals surface area contributed by atoms with Crippen LogP contribution in [0.2, 0.25) is 0 Å². The van der Waals surface area contributed by atoms with Gasteiger partial charge in [-0.15, -0.1) is 0 Å². The summed E-state index contributed by atoms with van der Waals surface area (Å²) in [6.45, 7) is 8.96. The van der Waals surface area contributed by atoms with E-state index in [4.69, 9.17) is 52.1 Å². The largest absolute Gasteiger partial charge is 0.514 e. The van der Waals surface area contributed by atoms with Crippen LogP contribution in [0.15, 0.2) is 97.1 Å². The van der Waals surface area contributed by atoms with E-state index in [0.29, 0.717) is 79.3 Å². The maximum absolute atomic E-state index is 13.5. The molecule has 1 unspecified atom stereocenters. The van der Waals surface area contributed by atoms with E-state index in [1.165, 1.54) is 50.2 Å². The molecule has 0 spiro atoms. The van der Waals surface area contributed by atoms with Gasteiger partial charge < -0.3 is 73.4 Å². The number of carbonyl (C=O) groups excluding carboxylic acids is 5. The Bertz CT molecular complexity index is 2380. The molecule has 23 heteroatoms. The van der Waals surface area contributed by atoms with Gasteiger partial charge in [0.05, 0.1) is 104 Å². The summed E-state index contributed by atoms with van der Waals surface area (Å²) >= 11 is 0. The zero-order chi connectivity index (χ0) is 54.3. The van der Waals surface area contributed by atoms with Crippen LogP contribution in [0, 0.1) is 10.1 Å². The Kier molecular flexibility index (Phi) is 26.5. The minimum absolute atomic E-state index is 0.0285. The molecule has 0 aromatic heterocycles. The van der Waals surface area contributed by atoms with E-state index in [0.717, 1.165) is 34.4 Å². The predicted molar refractivity (Wildman–Crippen MR) is 274 cm³/mol. The number of anilines is 1. The van der Waals surface area contributed by atoms with Crippen molar-refractivity contribution < 1.29 is 81.0 Å². The number of hydrogen-bond donors (Lipinski definition) is 4. The number of ether oxygens (including phenoxy) is 11. The average molecular weight is 1060 g/mol. The fourth-order valence-corrected chi connectivity index (χ4v) is 7.31. The lowest BCUT2D eigenvalue weighted by molar-refractivity contribution is -0.384. The first-order valence-electron chi connectivity index (χ1n) is 24.7. The Labute approximate surface area is 440 Å². The lowest BCUT2D eigenvalue weighted by Crippen LogP contribution is -2.50. The summed E-state index contributed by atoms with van der Waals surface area (Å²) in [6.07, 6.45) is -3.62. The molecule has 4 amide bonds. The first kappa shape index (κ1) is 59.8. The summed E-state index contributed by atoms with van der Waals surface area (Å²) in [5.41, 5.74) is 4.47. The number of hydrogen-bond acceptors (Lipinski definition) is 18. The molecule has 3 atom stereocenters. The Morgan fingerprint density at radius 3 is 1.54 bits per heavy atom. The molecule has 23 nitrogen and oxygen atoms in total. The summed E-state index contributed by atoms with van der Waals surface area (Å²) in [5, 5.41) is 21.5. The van der Waals surface area contributed by atoms with Crippen molar-refractivity contribution in [3.8, 4) is 16.9 Å². The van der Waals surface area contributed by atoms with Gasteiger partial charge in [-0.25, -0.2) is 9.59 Å². The highest BCUT2D eigenvalue weighted by atomic mass is 16.7. The lowest BCUT2D eigenvalue weighted by Gasteiger charge is -2.20. The number of nitrogens with one attached hydrogen (secondary N) is 4. The van der Waals surface area contributed by atoms with E-state index in [1.807, 2.05) is 48.5 Å². The molecule has 4 aromatic carbocycles. The van der Waals surface area contributed by atoms with Crippen LogP contribution in [-0.2, 0) is 61.8 Å². The first-order chi connectivity index (χ1) is 36.9. The van der Waals surface area contributed by atoms with Gasteiger partial charge in [0.2, 0.25) is 17.9 Å². The number of fused-ring (bicyclic) bond motifs is 3. The van der Waals surface area contributed by atoms with Crippen molar-refractivity contribution in [1.82, 2.24) is 16.0 Å². The number of methoxy groups -OCH3 is 1. The zero-order valence-electron chi connectivity index (χ0n) is 42.9. The Balaban J connectivity index is 0.984. The van der Waals surface area contributed by atoms with Crippen molar-refractivity contribution >= 4 is 41.3 Å². The van der Waals surface area contributed by atoms with Crippen LogP contribution >= 0.6 is 0 Å². The van der Waals surface area contributed by atoms with Crippen molar-refractivity contribution in [2.75, 3.05) is 125 Å². The molecule has 4 N–H and O–H groups in total. The fourth-order valence-electron chi connectivity index (χ4n) is 7.31. The third-order valence-electron chi connectivity index (χ3n) is 11.2. The van der Waals surface area contributed by atoms with E-state index < -0.39 is 53.1 Å². The van der Waals surface area contributed by atoms with Gasteiger partial charge in [-0.3, -0.25) is 24.5 Å². The lowest BCUT2D eigenvalue weighted by atomic mass is 9.98. The normalized spacial score (nSPS) is 12.8. The minimum atomic E-state index is -1.55. The monoisotopic (exact) mass is 1060 g/mol. The van der Waals surface area contributed by atoms with Crippen LogP contribution < -0.4 is 26.0 Å². The zero-order valence-corrected chi connectivity index (χ0v) is 42.9. The van der Waals surface area contributed by atoms with Crippen molar-refractivity contribution in [2.45, 2.75) is 38.0 Å². The summed E-state index contributed by atoms with van der Waals surface area (Å²) in [4.78, 5) is 75.8. The van der Waals surface area contributed by atoms with Gasteiger partial charge in [0.1, 0.15) is 24.4 Å². The molecule has 0 radical (unpaired) electrons. The number of nitro groups is 1. The standard InChI is InChI=1S/C53H67N5O18/c1-37(55-49(59)38(2)56-52(62)74-36-47-45-10-6-4-8-43(45)44-9-5-7-11-46(44)47)50(60)57-40-14-12-39(13-15-40)48(76-53(63)75-42-18-16-41(17-19-42)58(64)65)51(61)54-20-21-67-24-25-69-28-29-71-32-33-73-35-34-72-31-30-70-27-26-68-23-22-66-3/h4-19,37-38,47-48H,20-36H2,1-3H3,(H,54,61)(H,55,59)(H,56,62)(H,57,60)/t37-,38-,48?/m0/s1. The van der Waals surface area contributed by atoms with E-state index in [9.17, 15) is 34.1 Å². The van der Waals surface area contributed by atoms with Crippen LogP contribution in [0.3, 0.4) is 0 Å². The molecule has 0 aliphatic heterocycles. The van der Waals surface area contributed by atoms with E-state index in [2.05, 4.69) is 21.3 Å². The van der Waals surface area contributed by atoms with Gasteiger partial charge in [-0.1, -0.05) is 60.7 Å². The van der Waals surface area contributed by atoms with Gasteiger partial charge >= 0.3 is 12.2 Å². The third-order valence-corrected chi connectivity index (χ3v) is 11.2. The quantitative estimate of drug-likeness (QED) is 0.0152. The summed E-state index contributed by atoms with van der Waals surface area (Å²) < 4.78 is 59.3. The molecule has 0 fully saturated rings. The molecule has 4 aromatic rings. The van der Waals surface area contributed by atoms with Gasteiger partial charge in [-0.2, -0.15) is 0 Å². The first-order valence-corrected chi connectivity index (χ1v) is 24.7. The number of benzene rings is 4. The molecule has 0 saturated heterocycles. The van der Waals surface area contributed by atoms with Crippen LogP contribution in [-0.4, -0.2) is 166 Å². The van der Waals surface area contributed by atoms with E-state index in [1.54, 1.807) is 7.11 Å². The number of nitro benzene ring substituents is 1. The minimum Gasteiger partial charge on any atom is -0.449 e. The van der Waals surface area contributed by atoms with Crippen LogP contribution in [0.5, 0.6) is 5.75 Å². The SMILES string of the molecule is COCCOCCOCCOCCOCCOCCOCCOCCNC(=O)C(OC(=O)Oc1ccc([N+](=O)[O-])cc1)c1ccc(NC(=O)[C@H](C)NC(=O)[C@H](C)NC(=O)OCC2c3ccccc3-c3ccccc32)cc1. The number of alkyl carbamates (subject to hydrolysis) is 1. The number of nitrogens with zero attached hydrogens (tertiary/aromatic N) is 1. The molecule has 76 heavy (non-hydrogen) atoms. The smallest absolute Gasteiger partial charge is 0.449 e. The molecule has 0 heterocycles. The maximum Gasteiger partial charge on any atom is 0.514 e. The third kappa shape index (κ3) is 20.9. The van der Waals surface area contributed by atoms with Gasteiger partial charge in [-0.05, 0) is 60.4 Å². The van der Waals surface area contributed by atoms with Crippen molar-refractivity contribution in [3.05, 3.63) is 124 Å². The van der Waals surface area contributed by atoms with E-state index in [-0.39, 0.29) is 61.6 Å². The number of amides is 4. The summed E-state index contributed by atoms with van der Waals surface area (Å²) in [5.74, 6) is -2.20. The highest BCUT2D eigenvalue weighted by molar-refractivity contribution is 5.98. The van der Waals surface area contributed by atoms with E-state index >= 15 is 0 Å². The molecule has 1 aliphatic carbocycles. The molecule has 0 saturated carbocycles. The second-order valence-electron chi connectivity index (χ2n) is 16.7. The van der Waals surface area contributed by atoms with Crippen LogP contribution in [0.1, 0.15) is 42.6 Å². The fraction of sp³-hybridized carbons (Fsp3) is 0.453. The summed E-state index contributed by atoms with van der Waals surface area (Å²) in [6, 6.07) is 24.2. The van der Waals surface area contributed by atoms with Crippen molar-refractivity contribution in [1.29, 1.82) is 0 Å². The number of rotatable bonds is 36. The van der Waals surface area contributed by atoms with Gasteiger partial charge in [0.25, 0.3) is 11.6 Å².